The van der Waals surface area contributed by atoms with Crippen LogP contribution in [0, 0.1) is 5.92 Å². The predicted molar refractivity (Wildman–Crippen MR) is 127 cm³/mol. The van der Waals surface area contributed by atoms with Crippen molar-refractivity contribution in [3.63, 3.8) is 0 Å². The highest BCUT2D eigenvalue weighted by molar-refractivity contribution is 5.91. The van der Waals surface area contributed by atoms with E-state index in [4.69, 9.17) is 32.4 Å². The summed E-state index contributed by atoms with van der Waals surface area (Å²) < 4.78 is 139. The number of fused-ring (bicyclic) bond motifs is 1. The molecule has 1 amide bonds. The maximum atomic E-state index is 13.8. The monoisotopic (exact) mass is 442 g/mol. The average Bonchev–Trinajstić information content (AvgIpc) is 3.54. The van der Waals surface area contributed by atoms with E-state index < -0.39 is 108 Å². The highest BCUT2D eigenvalue weighted by atomic mass is 16.5. The molecular formula is C28H30N2O2. The number of amides is 1. The van der Waals surface area contributed by atoms with Crippen LogP contribution in [0.2, 0.25) is 0 Å². The van der Waals surface area contributed by atoms with Gasteiger partial charge in [0.25, 0.3) is 0 Å². The molecule has 2 N–H and O–H groups in total. The Morgan fingerprint density at radius 1 is 1.16 bits per heavy atom. The van der Waals surface area contributed by atoms with E-state index in [0.717, 1.165) is 0 Å². The molecule has 0 bridgehead atoms. The van der Waals surface area contributed by atoms with Gasteiger partial charge in [-0.1, -0.05) is 72.6 Å². The van der Waals surface area contributed by atoms with Gasteiger partial charge in [-0.25, -0.2) is 0 Å². The normalized spacial score (nSPS) is 29.1. The minimum atomic E-state index is -2.69. The summed E-state index contributed by atoms with van der Waals surface area (Å²) in [6.45, 7) is -3.25. The largest absolute Gasteiger partial charge is 0.493 e. The molecule has 164 valence electrons. The molecule has 4 nitrogen and oxygen atoms in total. The molecule has 2 heterocycles. The van der Waals surface area contributed by atoms with E-state index in [1.54, 1.807) is 4.90 Å². The quantitative estimate of drug-likeness (QED) is 0.603. The van der Waals surface area contributed by atoms with Crippen LogP contribution in [0.15, 0.2) is 78.6 Å². The van der Waals surface area contributed by atoms with Crippen LogP contribution < -0.4 is 10.5 Å². The molecule has 5 rings (SSSR count). The minimum Gasteiger partial charge on any atom is -0.493 e. The van der Waals surface area contributed by atoms with E-state index in [1.165, 1.54) is 18.2 Å². The van der Waals surface area contributed by atoms with Gasteiger partial charge in [0, 0.05) is 24.9 Å². The Morgan fingerprint density at radius 2 is 1.84 bits per heavy atom. The number of hydrogen-bond donors (Lipinski definition) is 1. The Hall–Kier alpha value is -3.11. The summed E-state index contributed by atoms with van der Waals surface area (Å²) in [7, 11) is 0. The molecule has 2 aliphatic heterocycles. The fourth-order valence-corrected chi connectivity index (χ4v) is 4.37. The van der Waals surface area contributed by atoms with E-state index in [1.807, 2.05) is 0 Å². The highest BCUT2D eigenvalue weighted by Crippen LogP contribution is 2.43. The van der Waals surface area contributed by atoms with Crippen LogP contribution in [0.4, 0.5) is 0 Å². The molecular weight excluding hydrogens is 396 g/mol. The molecule has 3 aromatic carbocycles. The molecule has 32 heavy (non-hydrogen) atoms. The average molecular weight is 443 g/mol. The number of nitrogens with two attached hydrogens (primary N) is 1. The zero-order valence-electron chi connectivity index (χ0n) is 33.0. The first kappa shape index (κ1) is 9.40. The predicted octanol–water partition coefficient (Wildman–Crippen LogP) is 3.96. The second kappa shape index (κ2) is 8.79. The molecule has 0 unspecified atom stereocenters. The van der Waals surface area contributed by atoms with E-state index in [-0.39, 0.29) is 42.9 Å². The lowest BCUT2D eigenvalue weighted by Crippen LogP contribution is -2.49. The molecule has 4 heteroatoms. The number of primary amides is 1. The molecule has 1 atom stereocenters. The van der Waals surface area contributed by atoms with Gasteiger partial charge in [0.1, 0.15) is 11.2 Å². The van der Waals surface area contributed by atoms with Crippen LogP contribution in [-0.4, -0.2) is 37.0 Å². The van der Waals surface area contributed by atoms with Crippen LogP contribution >= 0.6 is 0 Å². The van der Waals surface area contributed by atoms with E-state index in [0.29, 0.717) is 0 Å². The third-order valence-corrected chi connectivity index (χ3v) is 5.90. The maximum Gasteiger partial charge on any atom is 0.232 e. The van der Waals surface area contributed by atoms with Crippen LogP contribution in [0.1, 0.15) is 50.6 Å². The van der Waals surface area contributed by atoms with Crippen molar-refractivity contribution in [2.45, 2.75) is 24.6 Å². The number of nitrogens with zero attached hydrogens (tertiary/aromatic N) is 1. The summed E-state index contributed by atoms with van der Waals surface area (Å²) in [5.41, 5.74) is 1.98. The Labute approximate surface area is 212 Å². The minimum absolute atomic E-state index is 0.00715. The topological polar surface area (TPSA) is 55.6 Å². The highest BCUT2D eigenvalue weighted by Gasteiger charge is 2.49. The number of likely N-dealkylation sites (tertiary alicyclic amines) is 1. The lowest BCUT2D eigenvalue weighted by atomic mass is 9.64. The zero-order chi connectivity index (χ0) is 36.0. The molecule has 0 aromatic heterocycles. The van der Waals surface area contributed by atoms with Gasteiger partial charge in [0.05, 0.1) is 23.0 Å². The molecule has 2 aliphatic rings. The van der Waals surface area contributed by atoms with Crippen molar-refractivity contribution in [3.05, 3.63) is 101 Å². The molecule has 0 spiro atoms. The number of aryl methyl sites for hydroxylation is 1. The number of rotatable bonds is 7. The van der Waals surface area contributed by atoms with Gasteiger partial charge in [0.15, 0.2) is 0 Å². The molecule has 1 fully saturated rings. The molecule has 0 radical (unpaired) electrons. The SMILES string of the molecule is [2H]c1c([2H])c([2H])c(C(C(N)=O)(c2c([2H])c([2H])c([2H])c([2H])c2[2H])[C@@H]2CCN(CC([2H])([2H])c3ccc4c(c3)C([2H])([2H])C([2H])([2H])O4)C2)c([2H])c1[2H]. The maximum absolute atomic E-state index is 13.8. The standard InChI is InChI=1S/C28H30N2O2/c29-27(31)28(23-7-3-1-4-8-23,24-9-5-2-6-10-24)25-14-17-30(20-25)16-13-21-11-12-26-22(19-21)15-18-32-26/h1-12,19,25H,13-18,20H2,(H2,29,31)/t25-/m1/s1/i1D,2D,3D,4D,5D,6D,7D,8D,9D,10D,13D2,15D2,18D2. The van der Waals surface area contributed by atoms with Gasteiger partial charge in [-0.05, 0) is 53.6 Å². The van der Waals surface area contributed by atoms with Gasteiger partial charge in [-0.3, -0.25) is 4.79 Å². The summed E-state index contributed by atoms with van der Waals surface area (Å²) in [4.78, 5) is 15.4. The number of carbonyl (C=O) groups excluding carboxylic acids is 1. The summed E-state index contributed by atoms with van der Waals surface area (Å²) in [5.74, 6) is -2.58. The van der Waals surface area contributed by atoms with Crippen molar-refractivity contribution in [1.82, 2.24) is 4.90 Å². The zero-order valence-corrected chi connectivity index (χ0v) is 17.0. The Morgan fingerprint density at radius 3 is 2.50 bits per heavy atom. The second-order valence-corrected chi connectivity index (χ2v) is 7.61. The van der Waals surface area contributed by atoms with Gasteiger partial charge in [-0.15, -0.1) is 0 Å². The van der Waals surface area contributed by atoms with Gasteiger partial charge in [-0.2, -0.15) is 0 Å². The number of hydrogen-bond acceptors (Lipinski definition) is 3. The second-order valence-electron chi connectivity index (χ2n) is 7.61. The Balaban J connectivity index is 1.65. The van der Waals surface area contributed by atoms with Crippen LogP contribution in [-0.2, 0) is 23.0 Å². The Bertz CT molecular complexity index is 1740. The fraction of sp³-hybridized carbons (Fsp3) is 0.321. The summed E-state index contributed by atoms with van der Waals surface area (Å²) in [6.07, 6.45) is -4.83. The lowest BCUT2D eigenvalue weighted by Gasteiger charge is -2.37. The van der Waals surface area contributed by atoms with Crippen molar-refractivity contribution in [3.8, 4) is 5.75 Å². The number of carbonyl (C=O) groups is 1. The first-order valence-corrected chi connectivity index (χ1v) is 10.0. The lowest BCUT2D eigenvalue weighted by molar-refractivity contribution is -0.123. The summed E-state index contributed by atoms with van der Waals surface area (Å²) >= 11 is 0. The summed E-state index contributed by atoms with van der Waals surface area (Å²) in [5, 5.41) is 0. The van der Waals surface area contributed by atoms with Crippen LogP contribution in [0.25, 0.3) is 0 Å². The smallest absolute Gasteiger partial charge is 0.232 e. The molecule has 1 saturated heterocycles. The first-order valence-electron chi connectivity index (χ1n) is 18.0. The van der Waals surface area contributed by atoms with Crippen molar-refractivity contribution >= 4 is 5.91 Å². The van der Waals surface area contributed by atoms with Gasteiger partial charge in [0.2, 0.25) is 5.91 Å². The Kier molecular flexibility index (Phi) is 2.58. The van der Waals surface area contributed by atoms with Crippen molar-refractivity contribution in [1.29, 1.82) is 0 Å². The third-order valence-electron chi connectivity index (χ3n) is 5.90. The first-order chi connectivity index (χ1) is 22.0. The van der Waals surface area contributed by atoms with Gasteiger partial charge < -0.3 is 15.4 Å². The van der Waals surface area contributed by atoms with Crippen molar-refractivity contribution in [2.75, 3.05) is 26.2 Å². The molecule has 0 saturated carbocycles. The fourth-order valence-electron chi connectivity index (χ4n) is 4.37. The summed E-state index contributed by atoms with van der Waals surface area (Å²) in [6, 6.07) is -4.53. The number of ether oxygens (including phenoxy) is 1. The van der Waals surface area contributed by atoms with Crippen molar-refractivity contribution in [2.24, 2.45) is 11.7 Å². The van der Waals surface area contributed by atoms with Crippen molar-refractivity contribution < 1.29 is 31.5 Å². The third kappa shape index (κ3) is 3.69. The molecule has 3 aromatic rings. The van der Waals surface area contributed by atoms with Crippen LogP contribution in [0.5, 0.6) is 5.75 Å². The van der Waals surface area contributed by atoms with E-state index >= 15 is 0 Å². The van der Waals surface area contributed by atoms with E-state index in [9.17, 15) is 4.79 Å². The number of benzene rings is 3. The van der Waals surface area contributed by atoms with E-state index in [2.05, 4.69) is 0 Å². The van der Waals surface area contributed by atoms with Crippen LogP contribution in [0.3, 0.4) is 0 Å². The van der Waals surface area contributed by atoms with Gasteiger partial charge >= 0.3 is 0 Å². The molecule has 0 aliphatic carbocycles.